The van der Waals surface area contributed by atoms with E-state index in [0.717, 1.165) is 30.6 Å². The van der Waals surface area contributed by atoms with Crippen LogP contribution < -0.4 is 15.2 Å². The third kappa shape index (κ3) is 2.14. The zero-order valence-electron chi connectivity index (χ0n) is 11.2. The van der Waals surface area contributed by atoms with Crippen LogP contribution in [-0.4, -0.2) is 24.9 Å². The molecular weight excluding hydrogens is 242 g/mol. The molecule has 0 saturated heterocycles. The average molecular weight is 263 g/mol. The van der Waals surface area contributed by atoms with Gasteiger partial charge in [-0.3, -0.25) is 0 Å². The van der Waals surface area contributed by atoms with Crippen LogP contribution in [-0.2, 0) is 5.41 Å². The number of benzene rings is 1. The van der Waals surface area contributed by atoms with E-state index in [1.807, 2.05) is 6.07 Å². The summed E-state index contributed by atoms with van der Waals surface area (Å²) >= 11 is 0. The SMILES string of the molecule is NCC1(c2cc3c(cc2O)OCCCO3)CCCC1. The normalized spacial score (nSPS) is 21.1. The molecule has 0 atom stereocenters. The molecule has 1 heterocycles. The third-order valence-electron chi connectivity index (χ3n) is 4.39. The Hall–Kier alpha value is -1.42. The van der Waals surface area contributed by atoms with Gasteiger partial charge in [0, 0.05) is 30.0 Å². The van der Waals surface area contributed by atoms with Crippen molar-refractivity contribution in [3.05, 3.63) is 17.7 Å². The second-order valence-corrected chi connectivity index (χ2v) is 5.56. The number of rotatable bonds is 2. The standard InChI is InChI=1S/C15H21NO3/c16-10-15(4-1-2-5-15)11-8-13-14(9-12(11)17)19-7-3-6-18-13/h8-9,17H,1-7,10,16H2. The van der Waals surface area contributed by atoms with Crippen molar-refractivity contribution in [2.45, 2.75) is 37.5 Å². The van der Waals surface area contributed by atoms with E-state index in [9.17, 15) is 5.11 Å². The Kier molecular flexibility index (Phi) is 3.27. The zero-order valence-corrected chi connectivity index (χ0v) is 11.2. The summed E-state index contributed by atoms with van der Waals surface area (Å²) in [5.41, 5.74) is 6.83. The number of phenolic OH excluding ortho intramolecular Hbond substituents is 1. The number of hydrogen-bond acceptors (Lipinski definition) is 4. The molecule has 2 aliphatic rings. The molecule has 4 nitrogen and oxygen atoms in total. The predicted octanol–water partition coefficient (Wildman–Crippen LogP) is 2.32. The first-order chi connectivity index (χ1) is 9.25. The third-order valence-corrected chi connectivity index (χ3v) is 4.39. The summed E-state index contributed by atoms with van der Waals surface area (Å²) in [4.78, 5) is 0. The van der Waals surface area contributed by atoms with E-state index in [2.05, 4.69) is 0 Å². The maximum absolute atomic E-state index is 10.3. The summed E-state index contributed by atoms with van der Waals surface area (Å²) in [5.74, 6) is 1.67. The Balaban J connectivity index is 2.04. The van der Waals surface area contributed by atoms with E-state index in [1.54, 1.807) is 6.07 Å². The predicted molar refractivity (Wildman–Crippen MR) is 72.9 cm³/mol. The fraction of sp³-hybridized carbons (Fsp3) is 0.600. The van der Waals surface area contributed by atoms with Crippen molar-refractivity contribution in [2.24, 2.45) is 5.73 Å². The highest BCUT2D eigenvalue weighted by Gasteiger charge is 2.37. The summed E-state index contributed by atoms with van der Waals surface area (Å²) in [6.07, 6.45) is 5.29. The lowest BCUT2D eigenvalue weighted by atomic mass is 9.78. The molecule has 3 rings (SSSR count). The number of hydrogen-bond donors (Lipinski definition) is 2. The molecular formula is C15H21NO3. The number of aromatic hydroxyl groups is 1. The highest BCUT2D eigenvalue weighted by molar-refractivity contribution is 5.53. The fourth-order valence-electron chi connectivity index (χ4n) is 3.26. The molecule has 1 saturated carbocycles. The first-order valence-electron chi connectivity index (χ1n) is 7.08. The summed E-state index contributed by atoms with van der Waals surface area (Å²) in [7, 11) is 0. The van der Waals surface area contributed by atoms with Gasteiger partial charge in [-0.1, -0.05) is 12.8 Å². The summed E-state index contributed by atoms with van der Waals surface area (Å²) in [6.45, 7) is 1.86. The van der Waals surface area contributed by atoms with E-state index in [-0.39, 0.29) is 11.2 Å². The lowest BCUT2D eigenvalue weighted by Crippen LogP contribution is -2.32. The number of ether oxygens (including phenoxy) is 2. The number of phenols is 1. The minimum atomic E-state index is -0.0885. The van der Waals surface area contributed by atoms with Gasteiger partial charge in [-0.05, 0) is 18.9 Å². The summed E-state index contributed by atoms with van der Waals surface area (Å²) < 4.78 is 11.3. The minimum absolute atomic E-state index is 0.0885. The highest BCUT2D eigenvalue weighted by Crippen LogP contribution is 2.47. The maximum atomic E-state index is 10.3. The van der Waals surface area contributed by atoms with Gasteiger partial charge in [-0.2, -0.15) is 0 Å². The van der Waals surface area contributed by atoms with E-state index >= 15 is 0 Å². The molecule has 0 aromatic heterocycles. The zero-order chi connectivity index (χ0) is 13.3. The van der Waals surface area contributed by atoms with Gasteiger partial charge in [-0.15, -0.1) is 0 Å². The molecule has 1 aliphatic heterocycles. The maximum Gasteiger partial charge on any atom is 0.164 e. The molecule has 0 bridgehead atoms. The Morgan fingerprint density at radius 2 is 1.68 bits per heavy atom. The fourth-order valence-corrected chi connectivity index (χ4v) is 3.26. The van der Waals surface area contributed by atoms with Crippen LogP contribution in [0.3, 0.4) is 0 Å². The van der Waals surface area contributed by atoms with Crippen LogP contribution in [0.1, 0.15) is 37.7 Å². The molecule has 19 heavy (non-hydrogen) atoms. The lowest BCUT2D eigenvalue weighted by Gasteiger charge is -2.29. The molecule has 1 fully saturated rings. The van der Waals surface area contributed by atoms with Gasteiger partial charge >= 0.3 is 0 Å². The number of fused-ring (bicyclic) bond motifs is 1. The Bertz CT molecular complexity index is 467. The van der Waals surface area contributed by atoms with Crippen LogP contribution in [0.2, 0.25) is 0 Å². The van der Waals surface area contributed by atoms with Gasteiger partial charge in [0.15, 0.2) is 11.5 Å². The molecule has 4 heteroatoms. The van der Waals surface area contributed by atoms with Crippen molar-refractivity contribution in [1.82, 2.24) is 0 Å². The molecule has 1 aliphatic carbocycles. The van der Waals surface area contributed by atoms with Crippen LogP contribution in [0.25, 0.3) is 0 Å². The monoisotopic (exact) mass is 263 g/mol. The quantitative estimate of drug-likeness (QED) is 0.859. The highest BCUT2D eigenvalue weighted by atomic mass is 16.5. The van der Waals surface area contributed by atoms with E-state index in [0.29, 0.717) is 25.5 Å². The van der Waals surface area contributed by atoms with Crippen molar-refractivity contribution in [3.63, 3.8) is 0 Å². The largest absolute Gasteiger partial charge is 0.508 e. The van der Waals surface area contributed by atoms with Crippen molar-refractivity contribution in [3.8, 4) is 17.2 Å². The Morgan fingerprint density at radius 3 is 2.32 bits per heavy atom. The van der Waals surface area contributed by atoms with Crippen molar-refractivity contribution in [1.29, 1.82) is 0 Å². The molecule has 3 N–H and O–H groups in total. The van der Waals surface area contributed by atoms with Crippen molar-refractivity contribution < 1.29 is 14.6 Å². The molecule has 0 amide bonds. The smallest absolute Gasteiger partial charge is 0.164 e. The lowest BCUT2D eigenvalue weighted by molar-refractivity contribution is 0.296. The molecule has 0 spiro atoms. The van der Waals surface area contributed by atoms with Gasteiger partial charge in [0.1, 0.15) is 5.75 Å². The van der Waals surface area contributed by atoms with Crippen LogP contribution in [0, 0.1) is 0 Å². The summed E-state index contributed by atoms with van der Waals surface area (Å²) in [6, 6.07) is 3.62. The molecule has 0 radical (unpaired) electrons. The van der Waals surface area contributed by atoms with Gasteiger partial charge in [0.25, 0.3) is 0 Å². The molecule has 104 valence electrons. The van der Waals surface area contributed by atoms with E-state index in [1.165, 1.54) is 12.8 Å². The Labute approximate surface area is 113 Å². The van der Waals surface area contributed by atoms with Gasteiger partial charge < -0.3 is 20.3 Å². The second-order valence-electron chi connectivity index (χ2n) is 5.56. The number of nitrogens with two attached hydrogens (primary N) is 1. The van der Waals surface area contributed by atoms with E-state index in [4.69, 9.17) is 15.2 Å². The van der Waals surface area contributed by atoms with Crippen LogP contribution in [0.5, 0.6) is 17.2 Å². The molecule has 0 unspecified atom stereocenters. The first-order valence-corrected chi connectivity index (χ1v) is 7.08. The Morgan fingerprint density at radius 1 is 1.05 bits per heavy atom. The molecule has 1 aromatic rings. The summed E-state index contributed by atoms with van der Waals surface area (Å²) in [5, 5.41) is 10.3. The average Bonchev–Trinajstić information content (AvgIpc) is 2.79. The second kappa shape index (κ2) is 4.93. The van der Waals surface area contributed by atoms with E-state index < -0.39 is 0 Å². The van der Waals surface area contributed by atoms with Crippen LogP contribution >= 0.6 is 0 Å². The first kappa shape index (κ1) is 12.6. The van der Waals surface area contributed by atoms with Crippen molar-refractivity contribution >= 4 is 0 Å². The van der Waals surface area contributed by atoms with Crippen molar-refractivity contribution in [2.75, 3.05) is 19.8 Å². The topological polar surface area (TPSA) is 64.7 Å². The van der Waals surface area contributed by atoms with Gasteiger partial charge in [-0.25, -0.2) is 0 Å². The van der Waals surface area contributed by atoms with Gasteiger partial charge in [0.2, 0.25) is 0 Å². The van der Waals surface area contributed by atoms with Gasteiger partial charge in [0.05, 0.1) is 13.2 Å². The molecule has 1 aromatic carbocycles. The van der Waals surface area contributed by atoms with Crippen LogP contribution in [0.4, 0.5) is 0 Å². The van der Waals surface area contributed by atoms with Crippen LogP contribution in [0.15, 0.2) is 12.1 Å². The minimum Gasteiger partial charge on any atom is -0.508 e.